The molecule has 0 unspecified atom stereocenters. The molecule has 0 spiro atoms. The van der Waals surface area contributed by atoms with Crippen molar-refractivity contribution in [1.29, 1.82) is 0 Å². The van der Waals surface area contributed by atoms with Gasteiger partial charge < -0.3 is 0 Å². The third-order valence-corrected chi connectivity index (χ3v) is 3.15. The van der Waals surface area contributed by atoms with E-state index in [1.165, 1.54) is 12.1 Å². The first-order valence-electron chi connectivity index (χ1n) is 3.12. The van der Waals surface area contributed by atoms with Gasteiger partial charge in [0.25, 0.3) is 9.05 Å². The molecule has 1 aromatic carbocycles. The maximum atomic E-state index is 10.9. The average Bonchev–Trinajstić information content (AvgIpc) is 1.92. The number of hydrogen-bond acceptors (Lipinski definition) is 2. The van der Waals surface area contributed by atoms with E-state index in [0.717, 1.165) is 5.56 Å². The molecule has 0 heterocycles. The number of hydrogen-bond donors (Lipinski definition) is 0. The minimum Gasteiger partial charge on any atom is -0.207 e. The second-order valence-corrected chi connectivity index (χ2v) is 5.31. The molecule has 0 aromatic heterocycles. The summed E-state index contributed by atoms with van der Waals surface area (Å²) in [5, 5.41) is 0.149. The van der Waals surface area contributed by atoms with Crippen molar-refractivity contribution in [2.45, 2.75) is 11.8 Å². The van der Waals surface area contributed by atoms with Gasteiger partial charge in [0.1, 0.15) is 4.90 Å². The summed E-state index contributed by atoms with van der Waals surface area (Å²) in [5.74, 6) is 0. The molecule has 0 amide bonds. The smallest absolute Gasteiger partial charge is 0.207 e. The van der Waals surface area contributed by atoms with Crippen molar-refractivity contribution in [3.8, 4) is 0 Å². The summed E-state index contributed by atoms with van der Waals surface area (Å²) in [4.78, 5) is -0.0363. The fourth-order valence-electron chi connectivity index (χ4n) is 0.797. The van der Waals surface area contributed by atoms with Crippen LogP contribution in [0.15, 0.2) is 23.1 Å². The predicted octanol–water partition coefficient (Wildman–Crippen LogP) is 2.58. The Morgan fingerprint density at radius 1 is 1.33 bits per heavy atom. The maximum absolute atomic E-state index is 10.9. The molecule has 0 radical (unpaired) electrons. The Kier molecular flexibility index (Phi) is 2.66. The molecule has 0 saturated carbocycles. The van der Waals surface area contributed by atoms with Gasteiger partial charge >= 0.3 is 0 Å². The molecule has 1 rings (SSSR count). The summed E-state index contributed by atoms with van der Waals surface area (Å²) >= 11 is 5.62. The number of halogens is 2. The Morgan fingerprint density at radius 2 is 1.92 bits per heavy atom. The lowest BCUT2D eigenvalue weighted by Crippen LogP contribution is -1.92. The van der Waals surface area contributed by atoms with Gasteiger partial charge in [0.2, 0.25) is 0 Å². The Bertz CT molecular complexity index is 398. The minimum atomic E-state index is -3.72. The van der Waals surface area contributed by atoms with Gasteiger partial charge in [-0.1, -0.05) is 17.7 Å². The van der Waals surface area contributed by atoms with Crippen LogP contribution in [-0.2, 0) is 9.05 Å². The van der Waals surface area contributed by atoms with E-state index < -0.39 is 9.05 Å². The fraction of sp³-hybridized carbons (Fsp3) is 0.143. The van der Waals surface area contributed by atoms with Gasteiger partial charge in [0.05, 0.1) is 5.02 Å². The molecule has 0 aliphatic rings. The molecule has 0 aliphatic heterocycles. The highest BCUT2D eigenvalue weighted by molar-refractivity contribution is 8.13. The maximum Gasteiger partial charge on any atom is 0.262 e. The summed E-state index contributed by atoms with van der Waals surface area (Å²) in [6.07, 6.45) is 0. The number of benzene rings is 1. The lowest BCUT2D eigenvalue weighted by Gasteiger charge is -2.00. The summed E-state index contributed by atoms with van der Waals surface area (Å²) in [7, 11) is 1.41. The second-order valence-electron chi connectivity index (χ2n) is 2.37. The van der Waals surface area contributed by atoms with E-state index in [4.69, 9.17) is 22.3 Å². The third kappa shape index (κ3) is 2.12. The molecule has 0 bridgehead atoms. The molecule has 66 valence electrons. The van der Waals surface area contributed by atoms with E-state index >= 15 is 0 Å². The van der Waals surface area contributed by atoms with Crippen molar-refractivity contribution in [1.82, 2.24) is 0 Å². The van der Waals surface area contributed by atoms with Crippen molar-refractivity contribution in [2.75, 3.05) is 0 Å². The van der Waals surface area contributed by atoms with Crippen LogP contribution >= 0.6 is 22.3 Å². The average molecular weight is 225 g/mol. The molecular formula is C7H6Cl2O2S. The summed E-state index contributed by atoms with van der Waals surface area (Å²) in [6.45, 7) is 1.77. The van der Waals surface area contributed by atoms with Crippen LogP contribution in [0.5, 0.6) is 0 Å². The van der Waals surface area contributed by atoms with Crippen LogP contribution in [0.4, 0.5) is 0 Å². The zero-order valence-electron chi connectivity index (χ0n) is 6.21. The highest BCUT2D eigenvalue weighted by Crippen LogP contribution is 2.25. The quantitative estimate of drug-likeness (QED) is 0.688. The van der Waals surface area contributed by atoms with Crippen LogP contribution in [0, 0.1) is 6.92 Å². The standard InChI is InChI=1S/C7H6Cl2O2S/c1-5-2-3-6(8)7(4-5)12(9,10)11/h2-4H,1H3. The Morgan fingerprint density at radius 3 is 2.33 bits per heavy atom. The van der Waals surface area contributed by atoms with Crippen LogP contribution in [0.2, 0.25) is 5.02 Å². The number of aryl methyl sites for hydroxylation is 1. The largest absolute Gasteiger partial charge is 0.262 e. The van der Waals surface area contributed by atoms with Crippen LogP contribution in [0.3, 0.4) is 0 Å². The lowest BCUT2D eigenvalue weighted by molar-refractivity contribution is 0.609. The van der Waals surface area contributed by atoms with E-state index in [1.807, 2.05) is 0 Å². The molecule has 0 fully saturated rings. The Labute approximate surface area is 80.5 Å². The molecule has 2 nitrogen and oxygen atoms in total. The van der Waals surface area contributed by atoms with Gasteiger partial charge in [-0.15, -0.1) is 0 Å². The first kappa shape index (κ1) is 9.84. The Balaban J connectivity index is 3.43. The van der Waals surface area contributed by atoms with Crippen molar-refractivity contribution in [3.05, 3.63) is 28.8 Å². The summed E-state index contributed by atoms with van der Waals surface area (Å²) < 4.78 is 21.8. The molecule has 5 heteroatoms. The minimum absolute atomic E-state index is 0.0363. The summed E-state index contributed by atoms with van der Waals surface area (Å²) in [5.41, 5.74) is 0.804. The molecule has 12 heavy (non-hydrogen) atoms. The second kappa shape index (κ2) is 3.24. The Hall–Kier alpha value is -0.250. The van der Waals surface area contributed by atoms with E-state index in [2.05, 4.69) is 0 Å². The topological polar surface area (TPSA) is 34.1 Å². The molecule has 0 saturated heterocycles. The van der Waals surface area contributed by atoms with Crippen LogP contribution in [-0.4, -0.2) is 8.42 Å². The van der Waals surface area contributed by atoms with Crippen LogP contribution in [0.1, 0.15) is 5.56 Å². The SMILES string of the molecule is Cc1ccc(Cl)c(S(=O)(=O)Cl)c1. The highest BCUT2D eigenvalue weighted by atomic mass is 35.7. The van der Waals surface area contributed by atoms with E-state index in [9.17, 15) is 8.42 Å². The molecule has 1 aromatic rings. The number of rotatable bonds is 1. The highest BCUT2D eigenvalue weighted by Gasteiger charge is 2.13. The van der Waals surface area contributed by atoms with Crippen molar-refractivity contribution in [3.63, 3.8) is 0 Å². The fourth-order valence-corrected chi connectivity index (χ4v) is 2.35. The zero-order valence-corrected chi connectivity index (χ0v) is 8.54. The lowest BCUT2D eigenvalue weighted by atomic mass is 10.2. The van der Waals surface area contributed by atoms with Crippen LogP contribution < -0.4 is 0 Å². The van der Waals surface area contributed by atoms with E-state index in [-0.39, 0.29) is 9.92 Å². The third-order valence-electron chi connectivity index (χ3n) is 1.35. The van der Waals surface area contributed by atoms with Gasteiger partial charge in [-0.25, -0.2) is 8.42 Å². The molecule has 0 atom stereocenters. The summed E-state index contributed by atoms with van der Waals surface area (Å²) in [6, 6.07) is 4.66. The van der Waals surface area contributed by atoms with Gasteiger partial charge in [-0.2, -0.15) is 0 Å². The molecule has 0 aliphatic carbocycles. The monoisotopic (exact) mass is 224 g/mol. The van der Waals surface area contributed by atoms with Crippen molar-refractivity contribution < 1.29 is 8.42 Å². The van der Waals surface area contributed by atoms with Gasteiger partial charge in [-0.05, 0) is 24.6 Å². The zero-order chi connectivity index (χ0) is 9.35. The van der Waals surface area contributed by atoms with Crippen molar-refractivity contribution >= 4 is 31.3 Å². The normalized spacial score (nSPS) is 11.6. The van der Waals surface area contributed by atoms with Gasteiger partial charge in [0, 0.05) is 10.7 Å². The molecular weight excluding hydrogens is 219 g/mol. The first-order valence-corrected chi connectivity index (χ1v) is 5.81. The van der Waals surface area contributed by atoms with E-state index in [0.29, 0.717) is 0 Å². The van der Waals surface area contributed by atoms with Gasteiger partial charge in [0.15, 0.2) is 0 Å². The molecule has 0 N–H and O–H groups in total. The first-order chi connectivity index (χ1) is 5.41. The predicted molar refractivity (Wildman–Crippen MR) is 49.2 cm³/mol. The van der Waals surface area contributed by atoms with Crippen LogP contribution in [0.25, 0.3) is 0 Å². The van der Waals surface area contributed by atoms with Crippen molar-refractivity contribution in [2.24, 2.45) is 0 Å². The van der Waals surface area contributed by atoms with E-state index in [1.54, 1.807) is 13.0 Å². The van der Waals surface area contributed by atoms with Gasteiger partial charge in [-0.3, -0.25) is 0 Å².